The number of carbonyl (C=O) groups is 3. The van der Waals surface area contributed by atoms with E-state index in [2.05, 4.69) is 10.2 Å². The summed E-state index contributed by atoms with van der Waals surface area (Å²) in [6.07, 6.45) is 3.65. The van der Waals surface area contributed by atoms with E-state index in [4.69, 9.17) is 14.6 Å². The third-order valence-corrected chi connectivity index (χ3v) is 4.36. The number of piperidine rings is 1. The number of amides is 2. The molecule has 1 unspecified atom stereocenters. The number of carbonyl (C=O) groups excluding carboxylic acids is 2. The second-order valence-corrected chi connectivity index (χ2v) is 6.01. The van der Waals surface area contributed by atoms with E-state index < -0.39 is 0 Å². The van der Waals surface area contributed by atoms with Crippen molar-refractivity contribution in [1.29, 1.82) is 0 Å². The average Bonchev–Trinajstić information content (AvgIpc) is 3.04. The highest BCUT2D eigenvalue weighted by Gasteiger charge is 2.27. The summed E-state index contributed by atoms with van der Waals surface area (Å²) in [6.45, 7) is 5.19. The summed E-state index contributed by atoms with van der Waals surface area (Å²) in [5, 5.41) is 9.87. The summed E-state index contributed by atoms with van der Waals surface area (Å²) < 4.78 is 5.06. The fourth-order valence-electron chi connectivity index (χ4n) is 3.03. The van der Waals surface area contributed by atoms with Gasteiger partial charge >= 0.3 is 0 Å². The molecule has 2 aliphatic heterocycles. The van der Waals surface area contributed by atoms with Crippen LogP contribution in [0.1, 0.15) is 25.7 Å². The van der Waals surface area contributed by atoms with Crippen molar-refractivity contribution in [3.05, 3.63) is 0 Å². The first-order valence-electron chi connectivity index (χ1n) is 8.47. The van der Waals surface area contributed by atoms with Crippen LogP contribution in [-0.2, 0) is 19.1 Å². The molecule has 2 N–H and O–H groups in total. The summed E-state index contributed by atoms with van der Waals surface area (Å²) in [6, 6.07) is 0. The Morgan fingerprint density at radius 2 is 2.12 bits per heavy atom. The maximum absolute atomic E-state index is 12.1. The van der Waals surface area contributed by atoms with Gasteiger partial charge < -0.3 is 25.0 Å². The van der Waals surface area contributed by atoms with Gasteiger partial charge in [-0.3, -0.25) is 14.4 Å². The third kappa shape index (κ3) is 7.27. The number of hydrogen-bond acceptors (Lipinski definition) is 5. The molecular weight excluding hydrogens is 314 g/mol. The molecule has 2 heterocycles. The van der Waals surface area contributed by atoms with Gasteiger partial charge in [-0.1, -0.05) is 0 Å². The van der Waals surface area contributed by atoms with Crippen molar-refractivity contribution in [2.45, 2.75) is 25.7 Å². The first kappa shape index (κ1) is 20.4. The van der Waals surface area contributed by atoms with E-state index in [0.29, 0.717) is 26.1 Å². The summed E-state index contributed by atoms with van der Waals surface area (Å²) in [7, 11) is 1.70. The third-order valence-electron chi connectivity index (χ3n) is 4.36. The minimum absolute atomic E-state index is 0.0823. The van der Waals surface area contributed by atoms with Crippen LogP contribution >= 0.6 is 0 Å². The lowest BCUT2D eigenvalue weighted by molar-refractivity contribution is -0.133. The number of likely N-dealkylation sites (tertiary alicyclic amines) is 2. The van der Waals surface area contributed by atoms with Gasteiger partial charge in [-0.15, -0.1) is 0 Å². The van der Waals surface area contributed by atoms with E-state index >= 15 is 0 Å². The highest BCUT2D eigenvalue weighted by Crippen LogP contribution is 2.16. The minimum atomic E-state index is -0.250. The van der Waals surface area contributed by atoms with Crippen LogP contribution < -0.4 is 5.32 Å². The Morgan fingerprint density at radius 3 is 2.79 bits per heavy atom. The molecule has 0 aromatic rings. The van der Waals surface area contributed by atoms with Crippen LogP contribution in [0.25, 0.3) is 0 Å². The molecule has 2 amide bonds. The number of ether oxygens (including phenoxy) is 1. The maximum Gasteiger partial charge on any atom is 0.290 e. The van der Waals surface area contributed by atoms with Crippen molar-refractivity contribution in [3.8, 4) is 0 Å². The molecule has 0 saturated carbocycles. The molecule has 2 rings (SSSR count). The van der Waals surface area contributed by atoms with E-state index in [1.807, 2.05) is 4.90 Å². The Bertz CT molecular complexity index is 405. The van der Waals surface area contributed by atoms with E-state index in [1.165, 1.54) is 0 Å². The molecule has 0 bridgehead atoms. The second kappa shape index (κ2) is 11.8. The SMILES string of the molecule is COCCN1CCC(C(=O)NCCN2CCCCC2=O)C1.O=CO. The van der Waals surface area contributed by atoms with Gasteiger partial charge in [-0.05, 0) is 25.8 Å². The molecular formula is C16H29N3O5. The number of rotatable bonds is 7. The van der Waals surface area contributed by atoms with Crippen molar-refractivity contribution < 1.29 is 24.2 Å². The van der Waals surface area contributed by atoms with Crippen molar-refractivity contribution in [3.63, 3.8) is 0 Å². The Labute approximate surface area is 143 Å². The lowest BCUT2D eigenvalue weighted by atomic mass is 10.1. The van der Waals surface area contributed by atoms with Crippen molar-refractivity contribution in [1.82, 2.24) is 15.1 Å². The van der Waals surface area contributed by atoms with E-state index in [-0.39, 0.29) is 24.2 Å². The zero-order valence-corrected chi connectivity index (χ0v) is 14.4. The van der Waals surface area contributed by atoms with E-state index in [0.717, 1.165) is 45.4 Å². The second-order valence-electron chi connectivity index (χ2n) is 6.01. The first-order valence-corrected chi connectivity index (χ1v) is 8.47. The highest BCUT2D eigenvalue weighted by molar-refractivity contribution is 5.79. The number of nitrogens with one attached hydrogen (secondary N) is 1. The molecule has 0 aromatic heterocycles. The van der Waals surface area contributed by atoms with Crippen molar-refractivity contribution in [2.24, 2.45) is 5.92 Å². The zero-order chi connectivity index (χ0) is 17.8. The fraction of sp³-hybridized carbons (Fsp3) is 0.812. The molecule has 1 atom stereocenters. The van der Waals surface area contributed by atoms with Gasteiger partial charge in [0.15, 0.2) is 0 Å². The molecule has 0 spiro atoms. The summed E-state index contributed by atoms with van der Waals surface area (Å²) >= 11 is 0. The molecule has 0 aromatic carbocycles. The van der Waals surface area contributed by atoms with Gasteiger partial charge in [0.25, 0.3) is 6.47 Å². The maximum atomic E-state index is 12.1. The lowest BCUT2D eigenvalue weighted by Crippen LogP contribution is -2.42. The lowest BCUT2D eigenvalue weighted by Gasteiger charge is -2.26. The predicted molar refractivity (Wildman–Crippen MR) is 88.6 cm³/mol. The molecule has 138 valence electrons. The van der Waals surface area contributed by atoms with Crippen molar-refractivity contribution in [2.75, 3.05) is 53.0 Å². The molecule has 8 heteroatoms. The molecule has 2 fully saturated rings. The van der Waals surface area contributed by atoms with Gasteiger partial charge in [0, 0.05) is 46.3 Å². The van der Waals surface area contributed by atoms with Crippen LogP contribution in [0, 0.1) is 5.92 Å². The Morgan fingerprint density at radius 1 is 1.38 bits per heavy atom. The van der Waals surface area contributed by atoms with Gasteiger partial charge in [0.2, 0.25) is 11.8 Å². The predicted octanol–water partition coefficient (Wildman–Crippen LogP) is -0.216. The minimum Gasteiger partial charge on any atom is -0.483 e. The van der Waals surface area contributed by atoms with Crippen LogP contribution in [0.5, 0.6) is 0 Å². The standard InChI is InChI=1S/C15H27N3O3.CH2O2/c1-21-11-10-17-8-5-13(12-17)15(20)16-6-9-18-7-3-2-4-14(18)19;2-1-3/h13H,2-12H2,1H3,(H,16,20);1H,(H,2,3). The quantitative estimate of drug-likeness (QED) is 0.620. The number of nitrogens with zero attached hydrogens (tertiary/aromatic N) is 2. The largest absolute Gasteiger partial charge is 0.483 e. The fourth-order valence-corrected chi connectivity index (χ4v) is 3.03. The van der Waals surface area contributed by atoms with E-state index in [1.54, 1.807) is 7.11 Å². The summed E-state index contributed by atoms with van der Waals surface area (Å²) in [4.78, 5) is 36.3. The number of methoxy groups -OCH3 is 1. The smallest absolute Gasteiger partial charge is 0.290 e. The molecule has 8 nitrogen and oxygen atoms in total. The average molecular weight is 343 g/mol. The monoisotopic (exact) mass is 343 g/mol. The molecule has 2 aliphatic rings. The molecule has 0 radical (unpaired) electrons. The van der Waals surface area contributed by atoms with Crippen molar-refractivity contribution >= 4 is 18.3 Å². The van der Waals surface area contributed by atoms with Gasteiger partial charge in [-0.2, -0.15) is 0 Å². The van der Waals surface area contributed by atoms with Gasteiger partial charge in [-0.25, -0.2) is 0 Å². The normalized spacial score (nSPS) is 21.1. The van der Waals surface area contributed by atoms with Gasteiger partial charge in [0.1, 0.15) is 0 Å². The Kier molecular flexibility index (Phi) is 10.0. The number of hydrogen-bond donors (Lipinski definition) is 2. The molecule has 0 aliphatic carbocycles. The molecule has 24 heavy (non-hydrogen) atoms. The van der Waals surface area contributed by atoms with Crippen LogP contribution in [0.4, 0.5) is 0 Å². The highest BCUT2D eigenvalue weighted by atomic mass is 16.5. The van der Waals surface area contributed by atoms with Gasteiger partial charge in [0.05, 0.1) is 12.5 Å². The van der Waals surface area contributed by atoms with Crippen LogP contribution in [0.2, 0.25) is 0 Å². The Hall–Kier alpha value is -1.67. The Balaban J connectivity index is 0.000000891. The van der Waals surface area contributed by atoms with Crippen LogP contribution in [0.3, 0.4) is 0 Å². The zero-order valence-electron chi connectivity index (χ0n) is 14.4. The number of carboxylic acid groups (broad SMARTS) is 1. The molecule has 2 saturated heterocycles. The summed E-state index contributed by atoms with van der Waals surface area (Å²) in [5.41, 5.74) is 0. The van der Waals surface area contributed by atoms with E-state index in [9.17, 15) is 9.59 Å². The summed E-state index contributed by atoms with van der Waals surface area (Å²) in [5.74, 6) is 0.431. The first-order chi connectivity index (χ1) is 11.6. The van der Waals surface area contributed by atoms with Crippen LogP contribution in [-0.4, -0.2) is 86.2 Å². The van der Waals surface area contributed by atoms with Crippen LogP contribution in [0.15, 0.2) is 0 Å². The topological polar surface area (TPSA) is 99.2 Å².